The molecule has 0 aliphatic carbocycles. The topological polar surface area (TPSA) is 252 Å². The van der Waals surface area contributed by atoms with E-state index in [-0.39, 0.29) is 0 Å². The van der Waals surface area contributed by atoms with Crippen LogP contribution in [0.4, 0.5) is 0 Å². The fourth-order valence-corrected chi connectivity index (χ4v) is 2.14. The highest BCUT2D eigenvalue weighted by atomic mass is 16.6. The molecule has 0 bridgehead atoms. The summed E-state index contributed by atoms with van der Waals surface area (Å²) in [4.78, 5) is 35.1. The van der Waals surface area contributed by atoms with Gasteiger partial charge in [0.15, 0.2) is 0 Å². The lowest BCUT2D eigenvalue weighted by atomic mass is 9.91. The molecular formula is C13H20O14. The minimum atomic E-state index is -3.68. The van der Waals surface area contributed by atoms with Gasteiger partial charge >= 0.3 is 17.9 Å². The summed E-state index contributed by atoms with van der Waals surface area (Å²) in [5, 5.41) is 85.2. The first-order valence-corrected chi connectivity index (χ1v) is 7.42. The van der Waals surface area contributed by atoms with Crippen LogP contribution in [0.1, 0.15) is 0 Å². The molecule has 27 heavy (non-hydrogen) atoms. The lowest BCUT2D eigenvalue weighted by Gasteiger charge is -2.31. The van der Waals surface area contributed by atoms with Crippen molar-refractivity contribution in [2.75, 3.05) is 13.2 Å². The van der Waals surface area contributed by atoms with Gasteiger partial charge in [-0.1, -0.05) is 0 Å². The van der Waals surface area contributed by atoms with Crippen molar-refractivity contribution in [2.45, 2.75) is 48.3 Å². The van der Waals surface area contributed by atoms with Crippen LogP contribution in [0.2, 0.25) is 0 Å². The van der Waals surface area contributed by atoms with Crippen LogP contribution in [0.15, 0.2) is 0 Å². The van der Waals surface area contributed by atoms with Crippen LogP contribution >= 0.6 is 0 Å². The number of aliphatic hydroxyl groups excluding tert-OH is 7. The number of rotatable bonds is 7. The van der Waals surface area contributed by atoms with E-state index in [0.29, 0.717) is 0 Å². The Kier molecular flexibility index (Phi) is 7.58. The highest BCUT2D eigenvalue weighted by Crippen LogP contribution is 2.25. The Hall–Kier alpha value is -1.91. The van der Waals surface area contributed by atoms with E-state index in [4.69, 9.17) is 10.2 Å². The van der Waals surface area contributed by atoms with Crippen LogP contribution < -0.4 is 0 Å². The predicted molar refractivity (Wildman–Crippen MR) is 76.6 cm³/mol. The molecule has 0 aromatic rings. The zero-order chi connectivity index (χ0) is 21.1. The maximum absolute atomic E-state index is 12.1. The van der Waals surface area contributed by atoms with Gasteiger partial charge in [0.25, 0.3) is 5.60 Å². The van der Waals surface area contributed by atoms with E-state index in [0.717, 1.165) is 0 Å². The summed E-state index contributed by atoms with van der Waals surface area (Å²) in [7, 11) is 0. The number of carbonyl (C=O) groups excluding carboxylic acids is 2. The van der Waals surface area contributed by atoms with E-state index in [2.05, 4.69) is 9.47 Å². The minimum Gasteiger partial charge on any atom is -0.478 e. The van der Waals surface area contributed by atoms with Gasteiger partial charge in [-0.3, -0.25) is 0 Å². The first-order valence-electron chi connectivity index (χ1n) is 7.42. The van der Waals surface area contributed by atoms with Gasteiger partial charge < -0.3 is 55.4 Å². The van der Waals surface area contributed by atoms with Crippen molar-refractivity contribution in [1.82, 2.24) is 0 Å². The molecule has 1 saturated heterocycles. The minimum absolute atomic E-state index is 0.918. The number of cyclic esters (lactones) is 1. The van der Waals surface area contributed by atoms with Gasteiger partial charge in [0.2, 0.25) is 6.10 Å². The molecule has 1 heterocycles. The number of carboxylic acid groups (broad SMARTS) is 1. The molecule has 1 fully saturated rings. The van der Waals surface area contributed by atoms with Gasteiger partial charge in [0.1, 0.15) is 43.2 Å². The molecule has 156 valence electrons. The third-order valence-corrected chi connectivity index (χ3v) is 3.87. The number of hydrogen-bond donors (Lipinski definition) is 9. The van der Waals surface area contributed by atoms with E-state index < -0.39 is 79.5 Å². The molecular weight excluding hydrogens is 380 g/mol. The first-order chi connectivity index (χ1) is 12.4. The maximum atomic E-state index is 12.1. The molecule has 0 spiro atoms. The highest BCUT2D eigenvalue weighted by molar-refractivity contribution is 6.05. The number of carbonyl (C=O) groups is 3. The van der Waals surface area contributed by atoms with Crippen LogP contribution in [0.25, 0.3) is 0 Å². The van der Waals surface area contributed by atoms with Crippen molar-refractivity contribution >= 4 is 17.9 Å². The largest absolute Gasteiger partial charge is 0.478 e. The lowest BCUT2D eigenvalue weighted by Crippen LogP contribution is -2.62. The van der Waals surface area contributed by atoms with E-state index in [1.165, 1.54) is 0 Å². The molecule has 1 aliphatic heterocycles. The predicted octanol–water partition coefficient (Wildman–Crippen LogP) is -6.57. The summed E-state index contributed by atoms with van der Waals surface area (Å²) in [6.45, 7) is -2.02. The molecule has 8 atom stereocenters. The van der Waals surface area contributed by atoms with Gasteiger partial charge in [-0.25, -0.2) is 14.4 Å². The van der Waals surface area contributed by atoms with Crippen molar-refractivity contribution in [1.29, 1.82) is 0 Å². The zero-order valence-electron chi connectivity index (χ0n) is 13.5. The Morgan fingerprint density at radius 1 is 1.19 bits per heavy atom. The van der Waals surface area contributed by atoms with E-state index in [1.54, 1.807) is 0 Å². The number of aliphatic hydroxyl groups is 8. The summed E-state index contributed by atoms with van der Waals surface area (Å²) in [6, 6.07) is 0. The second kappa shape index (κ2) is 8.85. The molecule has 0 amide bonds. The summed E-state index contributed by atoms with van der Waals surface area (Å²) < 4.78 is 8.57. The maximum Gasteiger partial charge on any atom is 0.353 e. The average Bonchev–Trinajstić information content (AvgIpc) is 2.71. The van der Waals surface area contributed by atoms with Crippen molar-refractivity contribution in [3.05, 3.63) is 0 Å². The van der Waals surface area contributed by atoms with Gasteiger partial charge in [0, 0.05) is 0 Å². The Balaban J connectivity index is 3.13. The fourth-order valence-electron chi connectivity index (χ4n) is 2.14. The van der Waals surface area contributed by atoms with E-state index in [1.807, 2.05) is 0 Å². The Morgan fingerprint density at radius 3 is 2.22 bits per heavy atom. The Bertz CT molecular complexity index is 565. The summed E-state index contributed by atoms with van der Waals surface area (Å²) in [6.07, 6.45) is -16.4. The fraction of sp³-hybridized carbons (Fsp3) is 0.769. The molecule has 0 radical (unpaired) electrons. The lowest BCUT2D eigenvalue weighted by molar-refractivity contribution is -0.212. The molecule has 14 nitrogen and oxygen atoms in total. The second-order valence-electron chi connectivity index (χ2n) is 5.76. The smallest absolute Gasteiger partial charge is 0.353 e. The number of hydrogen-bond acceptors (Lipinski definition) is 13. The van der Waals surface area contributed by atoms with Crippen LogP contribution in [-0.2, 0) is 23.9 Å². The van der Waals surface area contributed by atoms with Crippen molar-refractivity contribution in [3.8, 4) is 0 Å². The number of ether oxygens (including phenoxy) is 2. The normalized spacial score (nSPS) is 33.2. The van der Waals surface area contributed by atoms with Crippen molar-refractivity contribution in [2.24, 2.45) is 0 Å². The van der Waals surface area contributed by atoms with Gasteiger partial charge in [0.05, 0.1) is 6.61 Å². The standard InChI is InChI=1S/C13H20O14/c14-1-3(15)5(17)7(19)8(10(21)22)27-12(24)13(25)9(20)6(18)4(16)2-26-11(13)23/h3-9,14-20,25H,1-2H2,(H,21,22)/t3-,4-,5-,6-,7+,8-,9+,13-/m1/s1. The van der Waals surface area contributed by atoms with Gasteiger partial charge in [-0.2, -0.15) is 0 Å². The SMILES string of the molecule is O=C(O)[C@H](OC(=O)[C@]1(O)C(=O)OC[C@@H](O)[C@@H](O)[C@@H]1O)[C@@H](O)[C@H](O)[C@H](O)CO. The molecule has 14 heteroatoms. The molecule has 1 rings (SSSR count). The van der Waals surface area contributed by atoms with E-state index in [9.17, 15) is 50.1 Å². The molecule has 0 saturated carbocycles. The Labute approximate surface area is 150 Å². The van der Waals surface area contributed by atoms with Crippen LogP contribution in [-0.4, -0.2) is 125 Å². The summed E-state index contributed by atoms with van der Waals surface area (Å²) in [5.41, 5.74) is -3.68. The summed E-state index contributed by atoms with van der Waals surface area (Å²) >= 11 is 0. The van der Waals surface area contributed by atoms with Gasteiger partial charge in [-0.15, -0.1) is 0 Å². The average molecular weight is 400 g/mol. The molecule has 1 aliphatic rings. The highest BCUT2D eigenvalue weighted by Gasteiger charge is 2.60. The third kappa shape index (κ3) is 4.50. The quantitative estimate of drug-likeness (QED) is 0.142. The monoisotopic (exact) mass is 400 g/mol. The van der Waals surface area contributed by atoms with Crippen molar-refractivity contribution in [3.63, 3.8) is 0 Å². The Morgan fingerprint density at radius 2 is 1.74 bits per heavy atom. The molecule has 0 unspecified atom stereocenters. The zero-order valence-corrected chi connectivity index (χ0v) is 13.5. The second-order valence-corrected chi connectivity index (χ2v) is 5.76. The first kappa shape index (κ1) is 23.1. The van der Waals surface area contributed by atoms with Crippen LogP contribution in [0.5, 0.6) is 0 Å². The van der Waals surface area contributed by atoms with Gasteiger partial charge in [-0.05, 0) is 0 Å². The number of carboxylic acids is 1. The third-order valence-electron chi connectivity index (χ3n) is 3.87. The van der Waals surface area contributed by atoms with Crippen molar-refractivity contribution < 1.29 is 69.8 Å². The van der Waals surface area contributed by atoms with E-state index >= 15 is 0 Å². The molecule has 0 aromatic heterocycles. The number of esters is 2. The summed E-state index contributed by atoms with van der Waals surface area (Å²) in [5.74, 6) is -6.17. The van der Waals surface area contributed by atoms with Crippen LogP contribution in [0.3, 0.4) is 0 Å². The number of aliphatic carboxylic acids is 1. The molecule has 9 N–H and O–H groups in total. The molecule has 0 aromatic carbocycles. The van der Waals surface area contributed by atoms with Crippen LogP contribution in [0, 0.1) is 0 Å².